The SMILES string of the molecule is CCc1cccc(CC)c1N1C[C@@H](C(=O)Nc2cccc(OC)c2)CC1=O. The summed E-state index contributed by atoms with van der Waals surface area (Å²) in [5, 5.41) is 2.91. The lowest BCUT2D eigenvalue weighted by atomic mass is 10.0. The van der Waals surface area contributed by atoms with Crippen LogP contribution < -0.4 is 15.0 Å². The van der Waals surface area contributed by atoms with Crippen molar-refractivity contribution >= 4 is 23.2 Å². The predicted molar refractivity (Wildman–Crippen MR) is 107 cm³/mol. The number of carbonyl (C=O) groups excluding carboxylic acids is 2. The summed E-state index contributed by atoms with van der Waals surface area (Å²) in [4.78, 5) is 27.2. The Labute approximate surface area is 160 Å². The number of ether oxygens (including phenoxy) is 1. The number of hydrogen-bond donors (Lipinski definition) is 1. The first kappa shape index (κ1) is 19.0. The number of anilines is 2. The number of rotatable bonds is 6. The molecule has 1 saturated heterocycles. The van der Waals surface area contributed by atoms with Crippen molar-refractivity contribution in [3.05, 3.63) is 53.6 Å². The second kappa shape index (κ2) is 8.25. The molecule has 1 aliphatic heterocycles. The van der Waals surface area contributed by atoms with Gasteiger partial charge < -0.3 is 15.0 Å². The zero-order valence-electron chi connectivity index (χ0n) is 16.1. The van der Waals surface area contributed by atoms with Crippen LogP contribution in [-0.4, -0.2) is 25.5 Å². The van der Waals surface area contributed by atoms with Crippen LogP contribution in [0.1, 0.15) is 31.4 Å². The molecular weight excluding hydrogens is 340 g/mol. The van der Waals surface area contributed by atoms with Crippen molar-refractivity contribution in [2.45, 2.75) is 33.1 Å². The number of amides is 2. The van der Waals surface area contributed by atoms with Crippen molar-refractivity contribution in [1.82, 2.24) is 0 Å². The minimum Gasteiger partial charge on any atom is -0.497 e. The third kappa shape index (κ3) is 3.97. The minimum atomic E-state index is -0.363. The van der Waals surface area contributed by atoms with Crippen LogP contribution >= 0.6 is 0 Å². The Morgan fingerprint density at radius 2 is 1.81 bits per heavy atom. The van der Waals surface area contributed by atoms with Gasteiger partial charge in [-0.15, -0.1) is 0 Å². The summed E-state index contributed by atoms with van der Waals surface area (Å²) in [6, 6.07) is 13.4. The Bertz CT molecular complexity index is 825. The largest absolute Gasteiger partial charge is 0.497 e. The maximum absolute atomic E-state index is 12.7. The molecule has 1 N–H and O–H groups in total. The van der Waals surface area contributed by atoms with Crippen LogP contribution in [0.4, 0.5) is 11.4 Å². The second-order valence-corrected chi connectivity index (χ2v) is 6.76. The molecule has 2 aromatic carbocycles. The van der Waals surface area contributed by atoms with E-state index >= 15 is 0 Å². The molecule has 0 radical (unpaired) electrons. The Balaban J connectivity index is 1.78. The highest BCUT2D eigenvalue weighted by Gasteiger charge is 2.36. The first-order valence-corrected chi connectivity index (χ1v) is 9.43. The first-order chi connectivity index (χ1) is 13.1. The lowest BCUT2D eigenvalue weighted by Gasteiger charge is -2.23. The van der Waals surface area contributed by atoms with Crippen LogP contribution in [-0.2, 0) is 22.4 Å². The summed E-state index contributed by atoms with van der Waals surface area (Å²) in [5.74, 6) is 0.197. The molecule has 0 bridgehead atoms. The number of hydrogen-bond acceptors (Lipinski definition) is 3. The van der Waals surface area contributed by atoms with E-state index < -0.39 is 0 Å². The van der Waals surface area contributed by atoms with Crippen LogP contribution in [0, 0.1) is 5.92 Å². The summed E-state index contributed by atoms with van der Waals surface area (Å²) >= 11 is 0. The average molecular weight is 366 g/mol. The van der Waals surface area contributed by atoms with Crippen molar-refractivity contribution in [3.8, 4) is 5.75 Å². The van der Waals surface area contributed by atoms with E-state index in [1.165, 1.54) is 0 Å². The number of para-hydroxylation sites is 1. The second-order valence-electron chi connectivity index (χ2n) is 6.76. The molecule has 1 heterocycles. The summed E-state index contributed by atoms with van der Waals surface area (Å²) < 4.78 is 5.19. The van der Waals surface area contributed by atoms with Gasteiger partial charge in [0.15, 0.2) is 0 Å². The Morgan fingerprint density at radius 1 is 1.15 bits per heavy atom. The number of methoxy groups -OCH3 is 1. The fourth-order valence-corrected chi connectivity index (χ4v) is 3.61. The van der Waals surface area contributed by atoms with E-state index in [4.69, 9.17) is 4.74 Å². The molecule has 2 amide bonds. The fraction of sp³-hybridized carbons (Fsp3) is 0.364. The zero-order valence-corrected chi connectivity index (χ0v) is 16.1. The van der Waals surface area contributed by atoms with Crippen LogP contribution in [0.25, 0.3) is 0 Å². The molecule has 0 aromatic heterocycles. The van der Waals surface area contributed by atoms with E-state index in [1.54, 1.807) is 18.1 Å². The fourth-order valence-electron chi connectivity index (χ4n) is 3.61. The highest BCUT2D eigenvalue weighted by molar-refractivity contribution is 6.04. The van der Waals surface area contributed by atoms with E-state index in [0.717, 1.165) is 29.7 Å². The molecule has 5 heteroatoms. The van der Waals surface area contributed by atoms with Crippen LogP contribution in [0.3, 0.4) is 0 Å². The van der Waals surface area contributed by atoms with Gasteiger partial charge in [0.2, 0.25) is 11.8 Å². The highest BCUT2D eigenvalue weighted by Crippen LogP contribution is 2.33. The Hall–Kier alpha value is -2.82. The van der Waals surface area contributed by atoms with Gasteiger partial charge in [-0.05, 0) is 36.1 Å². The van der Waals surface area contributed by atoms with Gasteiger partial charge in [-0.25, -0.2) is 0 Å². The standard InChI is InChI=1S/C22H26N2O3/c1-4-15-8-6-9-16(5-2)21(15)24-14-17(12-20(24)25)22(26)23-18-10-7-11-19(13-18)27-3/h6-11,13,17H,4-5,12,14H2,1-3H3,(H,23,26)/t17-/m0/s1. The van der Waals surface area contributed by atoms with Crippen LogP contribution in [0.2, 0.25) is 0 Å². The zero-order chi connectivity index (χ0) is 19.4. The number of aryl methyl sites for hydroxylation is 2. The summed E-state index contributed by atoms with van der Waals surface area (Å²) in [7, 11) is 1.59. The normalized spacial score (nSPS) is 16.5. The van der Waals surface area contributed by atoms with E-state index in [2.05, 4.69) is 31.3 Å². The number of nitrogens with one attached hydrogen (secondary N) is 1. The van der Waals surface area contributed by atoms with Crippen LogP contribution in [0.15, 0.2) is 42.5 Å². The molecular formula is C22H26N2O3. The van der Waals surface area contributed by atoms with E-state index in [1.807, 2.05) is 24.3 Å². The first-order valence-electron chi connectivity index (χ1n) is 9.43. The van der Waals surface area contributed by atoms with Crippen molar-refractivity contribution in [3.63, 3.8) is 0 Å². The van der Waals surface area contributed by atoms with Gasteiger partial charge >= 0.3 is 0 Å². The summed E-state index contributed by atoms with van der Waals surface area (Å²) in [6.45, 7) is 4.59. The third-order valence-electron chi connectivity index (χ3n) is 5.07. The van der Waals surface area contributed by atoms with Gasteiger partial charge in [0.1, 0.15) is 5.75 Å². The summed E-state index contributed by atoms with van der Waals surface area (Å²) in [6.07, 6.45) is 1.94. The van der Waals surface area contributed by atoms with Gasteiger partial charge in [0.05, 0.1) is 13.0 Å². The van der Waals surface area contributed by atoms with Gasteiger partial charge in [-0.1, -0.05) is 38.1 Å². The van der Waals surface area contributed by atoms with E-state index in [0.29, 0.717) is 18.0 Å². The quantitative estimate of drug-likeness (QED) is 0.846. The van der Waals surface area contributed by atoms with Crippen LogP contribution in [0.5, 0.6) is 5.75 Å². The van der Waals surface area contributed by atoms with Gasteiger partial charge in [-0.2, -0.15) is 0 Å². The van der Waals surface area contributed by atoms with Gasteiger partial charge in [0.25, 0.3) is 0 Å². The molecule has 0 unspecified atom stereocenters. The molecule has 142 valence electrons. The lowest BCUT2D eigenvalue weighted by molar-refractivity contribution is -0.122. The number of carbonyl (C=O) groups is 2. The molecule has 1 aliphatic rings. The third-order valence-corrected chi connectivity index (χ3v) is 5.07. The van der Waals surface area contributed by atoms with E-state index in [-0.39, 0.29) is 24.2 Å². The molecule has 2 aromatic rings. The molecule has 0 spiro atoms. The Kier molecular flexibility index (Phi) is 5.79. The maximum atomic E-state index is 12.7. The highest BCUT2D eigenvalue weighted by atomic mass is 16.5. The molecule has 5 nitrogen and oxygen atoms in total. The number of nitrogens with zero attached hydrogens (tertiary/aromatic N) is 1. The van der Waals surface area contributed by atoms with Gasteiger partial charge in [-0.3, -0.25) is 9.59 Å². The topological polar surface area (TPSA) is 58.6 Å². The lowest BCUT2D eigenvalue weighted by Crippen LogP contribution is -2.29. The smallest absolute Gasteiger partial charge is 0.229 e. The van der Waals surface area contributed by atoms with Crippen molar-refractivity contribution in [2.24, 2.45) is 5.92 Å². The van der Waals surface area contributed by atoms with Crippen molar-refractivity contribution < 1.29 is 14.3 Å². The summed E-state index contributed by atoms with van der Waals surface area (Å²) in [5.41, 5.74) is 3.96. The monoisotopic (exact) mass is 366 g/mol. The molecule has 0 aliphatic carbocycles. The molecule has 0 saturated carbocycles. The van der Waals surface area contributed by atoms with Crippen molar-refractivity contribution in [1.29, 1.82) is 0 Å². The predicted octanol–water partition coefficient (Wildman–Crippen LogP) is 3.81. The molecule has 27 heavy (non-hydrogen) atoms. The molecule has 3 rings (SSSR count). The molecule has 1 fully saturated rings. The van der Waals surface area contributed by atoms with E-state index in [9.17, 15) is 9.59 Å². The average Bonchev–Trinajstić information content (AvgIpc) is 3.08. The van der Waals surface area contributed by atoms with Gasteiger partial charge in [0, 0.05) is 30.4 Å². The Morgan fingerprint density at radius 3 is 2.44 bits per heavy atom. The number of benzene rings is 2. The molecule has 1 atom stereocenters. The van der Waals surface area contributed by atoms with Crippen molar-refractivity contribution in [2.75, 3.05) is 23.9 Å². The maximum Gasteiger partial charge on any atom is 0.229 e. The minimum absolute atomic E-state index is 0.0105.